The number of nitrogens with zero attached hydrogens (tertiary/aromatic N) is 1. The summed E-state index contributed by atoms with van der Waals surface area (Å²) < 4.78 is 0. The van der Waals surface area contributed by atoms with Crippen LogP contribution >= 0.6 is 0 Å². The Morgan fingerprint density at radius 1 is 0.533 bits per heavy atom. The van der Waals surface area contributed by atoms with E-state index in [9.17, 15) is 9.59 Å². The van der Waals surface area contributed by atoms with Gasteiger partial charge in [0, 0.05) is 28.9 Å². The quantitative estimate of drug-likeness (QED) is 0.373. The summed E-state index contributed by atoms with van der Waals surface area (Å²) in [6.07, 6.45) is 0.353. The zero-order valence-electron chi connectivity index (χ0n) is 16.4. The summed E-state index contributed by atoms with van der Waals surface area (Å²) in [6, 6.07) is 35.6. The number of anilines is 2. The maximum atomic E-state index is 13.3. The van der Waals surface area contributed by atoms with Crippen LogP contribution in [0.4, 0.5) is 11.4 Å². The zero-order chi connectivity index (χ0) is 20.8. The number of carbonyl (C=O) groups is 2. The van der Waals surface area contributed by atoms with Gasteiger partial charge in [0.05, 0.1) is 0 Å². The fourth-order valence-electron chi connectivity index (χ4n) is 3.35. The van der Waals surface area contributed by atoms with Crippen LogP contribution in [0.25, 0.3) is 0 Å². The van der Waals surface area contributed by atoms with E-state index in [1.165, 1.54) is 0 Å². The van der Waals surface area contributed by atoms with Crippen LogP contribution in [0.2, 0.25) is 0 Å². The van der Waals surface area contributed by atoms with Gasteiger partial charge in [-0.1, -0.05) is 66.7 Å². The molecule has 146 valence electrons. The Hall–Kier alpha value is -3.98. The van der Waals surface area contributed by atoms with Crippen LogP contribution < -0.4 is 4.90 Å². The molecule has 0 aliphatic rings. The van der Waals surface area contributed by atoms with Gasteiger partial charge >= 0.3 is 0 Å². The molecule has 0 bridgehead atoms. The number of para-hydroxylation sites is 1. The highest BCUT2D eigenvalue weighted by molar-refractivity contribution is 6.11. The molecule has 3 heteroatoms. The lowest BCUT2D eigenvalue weighted by molar-refractivity contribution is 0.0988. The molecule has 0 fully saturated rings. The van der Waals surface area contributed by atoms with E-state index < -0.39 is 0 Å². The van der Waals surface area contributed by atoms with Crippen LogP contribution in [-0.4, -0.2) is 11.7 Å². The minimum absolute atomic E-state index is 0.0494. The molecule has 4 rings (SSSR count). The topological polar surface area (TPSA) is 37.4 Å². The van der Waals surface area contributed by atoms with E-state index >= 15 is 0 Å². The van der Waals surface area contributed by atoms with Gasteiger partial charge in [0.2, 0.25) is 0 Å². The van der Waals surface area contributed by atoms with E-state index in [4.69, 9.17) is 0 Å². The molecule has 0 saturated carbocycles. The third-order valence-electron chi connectivity index (χ3n) is 4.89. The summed E-state index contributed by atoms with van der Waals surface area (Å²) >= 11 is 0. The SMILES string of the molecule is O=C(Cc1ccccc1)c1ccc(N(C(=O)c2ccccc2)c2ccccc2)cc1. The summed E-state index contributed by atoms with van der Waals surface area (Å²) in [4.78, 5) is 27.6. The number of ketones is 1. The summed E-state index contributed by atoms with van der Waals surface area (Å²) in [5.41, 5.74) is 3.70. The molecule has 0 aromatic heterocycles. The Labute approximate surface area is 176 Å². The Morgan fingerprint density at radius 3 is 1.63 bits per heavy atom. The van der Waals surface area contributed by atoms with E-state index in [0.717, 1.165) is 11.3 Å². The van der Waals surface area contributed by atoms with Gasteiger partial charge in [-0.3, -0.25) is 14.5 Å². The van der Waals surface area contributed by atoms with Gasteiger partial charge in [-0.25, -0.2) is 0 Å². The second-order valence-electron chi connectivity index (χ2n) is 6.97. The first-order chi connectivity index (χ1) is 14.7. The van der Waals surface area contributed by atoms with Gasteiger partial charge in [-0.2, -0.15) is 0 Å². The lowest BCUT2D eigenvalue weighted by atomic mass is 10.0. The second kappa shape index (κ2) is 9.01. The first kappa shape index (κ1) is 19.3. The maximum Gasteiger partial charge on any atom is 0.262 e. The van der Waals surface area contributed by atoms with Gasteiger partial charge in [-0.05, 0) is 54.1 Å². The van der Waals surface area contributed by atoms with E-state index in [-0.39, 0.29) is 11.7 Å². The number of carbonyl (C=O) groups excluding carboxylic acids is 2. The fourth-order valence-corrected chi connectivity index (χ4v) is 3.35. The molecule has 0 radical (unpaired) electrons. The first-order valence-electron chi connectivity index (χ1n) is 9.84. The highest BCUT2D eigenvalue weighted by Gasteiger charge is 2.20. The average molecular weight is 391 g/mol. The number of hydrogen-bond acceptors (Lipinski definition) is 2. The largest absolute Gasteiger partial charge is 0.294 e. The van der Waals surface area contributed by atoms with Crippen LogP contribution in [0, 0.1) is 0 Å². The number of amides is 1. The van der Waals surface area contributed by atoms with Crippen LogP contribution in [0.3, 0.4) is 0 Å². The Morgan fingerprint density at radius 2 is 1.03 bits per heavy atom. The van der Waals surface area contributed by atoms with Crippen LogP contribution in [0.15, 0.2) is 115 Å². The molecule has 0 aliphatic heterocycles. The molecule has 4 aromatic carbocycles. The van der Waals surface area contributed by atoms with Crippen molar-refractivity contribution in [2.24, 2.45) is 0 Å². The summed E-state index contributed by atoms with van der Waals surface area (Å²) in [5.74, 6) is -0.0708. The van der Waals surface area contributed by atoms with Crippen LogP contribution in [0.1, 0.15) is 26.3 Å². The maximum absolute atomic E-state index is 13.3. The van der Waals surface area contributed by atoms with Gasteiger partial charge in [0.1, 0.15) is 0 Å². The molecule has 0 unspecified atom stereocenters. The van der Waals surface area contributed by atoms with Crippen LogP contribution in [0.5, 0.6) is 0 Å². The molecular weight excluding hydrogens is 370 g/mol. The monoisotopic (exact) mass is 391 g/mol. The van der Waals surface area contributed by atoms with E-state index in [1.54, 1.807) is 29.2 Å². The molecule has 4 aromatic rings. The lowest BCUT2D eigenvalue weighted by Crippen LogP contribution is -2.25. The molecule has 1 amide bonds. The van der Waals surface area contributed by atoms with Crippen molar-refractivity contribution in [2.75, 3.05) is 4.90 Å². The molecule has 0 spiro atoms. The molecule has 0 N–H and O–H groups in total. The Balaban J connectivity index is 1.63. The Bertz CT molecular complexity index is 1120. The van der Waals surface area contributed by atoms with Gasteiger partial charge in [0.15, 0.2) is 5.78 Å². The van der Waals surface area contributed by atoms with Crippen LogP contribution in [-0.2, 0) is 6.42 Å². The lowest BCUT2D eigenvalue weighted by Gasteiger charge is -2.23. The van der Waals surface area contributed by atoms with Crippen molar-refractivity contribution in [3.05, 3.63) is 132 Å². The predicted octanol–water partition coefficient (Wildman–Crippen LogP) is 6.09. The number of Topliss-reactive ketones (excluding diaryl/α,β-unsaturated/α-hetero) is 1. The molecule has 0 saturated heterocycles. The highest BCUT2D eigenvalue weighted by atomic mass is 16.2. The van der Waals surface area contributed by atoms with Gasteiger partial charge < -0.3 is 0 Å². The smallest absolute Gasteiger partial charge is 0.262 e. The van der Waals surface area contributed by atoms with Crippen molar-refractivity contribution in [3.63, 3.8) is 0 Å². The third kappa shape index (κ3) is 4.36. The summed E-state index contributed by atoms with van der Waals surface area (Å²) in [5, 5.41) is 0. The van der Waals surface area contributed by atoms with Crippen molar-refractivity contribution in [1.29, 1.82) is 0 Å². The zero-order valence-corrected chi connectivity index (χ0v) is 16.4. The van der Waals surface area contributed by atoms with Crippen molar-refractivity contribution in [1.82, 2.24) is 0 Å². The van der Waals surface area contributed by atoms with Gasteiger partial charge in [-0.15, -0.1) is 0 Å². The van der Waals surface area contributed by atoms with E-state index in [0.29, 0.717) is 23.2 Å². The van der Waals surface area contributed by atoms with E-state index in [1.807, 2.05) is 91.0 Å². The summed E-state index contributed by atoms with van der Waals surface area (Å²) in [7, 11) is 0. The fraction of sp³-hybridized carbons (Fsp3) is 0.0370. The Kier molecular flexibility index (Phi) is 5.81. The number of hydrogen-bond donors (Lipinski definition) is 0. The number of benzene rings is 4. The van der Waals surface area contributed by atoms with Gasteiger partial charge in [0.25, 0.3) is 5.91 Å². The van der Waals surface area contributed by atoms with Crippen molar-refractivity contribution in [2.45, 2.75) is 6.42 Å². The van der Waals surface area contributed by atoms with Crippen molar-refractivity contribution < 1.29 is 9.59 Å². The molecular formula is C27H21NO2. The average Bonchev–Trinajstić information content (AvgIpc) is 2.81. The predicted molar refractivity (Wildman–Crippen MR) is 120 cm³/mol. The first-order valence-corrected chi connectivity index (χ1v) is 9.84. The molecule has 3 nitrogen and oxygen atoms in total. The summed E-state index contributed by atoms with van der Waals surface area (Å²) in [6.45, 7) is 0. The molecule has 0 atom stereocenters. The van der Waals surface area contributed by atoms with E-state index in [2.05, 4.69) is 0 Å². The standard InChI is InChI=1S/C27H21NO2/c29-26(20-21-10-4-1-5-11-21)22-16-18-25(19-17-22)28(24-14-8-3-9-15-24)27(30)23-12-6-2-7-13-23/h1-19H,20H2. The van der Waals surface area contributed by atoms with Crippen molar-refractivity contribution >= 4 is 23.1 Å². The molecule has 0 aliphatic carbocycles. The highest BCUT2D eigenvalue weighted by Crippen LogP contribution is 2.28. The minimum atomic E-state index is -0.120. The van der Waals surface area contributed by atoms with Crippen molar-refractivity contribution in [3.8, 4) is 0 Å². The molecule has 0 heterocycles. The third-order valence-corrected chi connectivity index (χ3v) is 4.89. The normalized spacial score (nSPS) is 10.4. The molecule has 30 heavy (non-hydrogen) atoms. The minimum Gasteiger partial charge on any atom is -0.294 e. The second-order valence-corrected chi connectivity index (χ2v) is 6.97. The number of rotatable bonds is 6.